The zero-order valence-electron chi connectivity index (χ0n) is 14.2. The van der Waals surface area contributed by atoms with Crippen molar-refractivity contribution in [3.05, 3.63) is 48.2 Å². The van der Waals surface area contributed by atoms with E-state index in [0.29, 0.717) is 18.1 Å². The first-order valence-corrected chi connectivity index (χ1v) is 8.57. The molecule has 1 aliphatic heterocycles. The quantitative estimate of drug-likeness (QED) is 0.773. The van der Waals surface area contributed by atoms with Crippen LogP contribution >= 0.6 is 0 Å². The fraction of sp³-hybridized carbons (Fsp3) is 0.389. The summed E-state index contributed by atoms with van der Waals surface area (Å²) in [5, 5.41) is 8.23. The molecular formula is C18H21FN6. The maximum Gasteiger partial charge on any atom is 0.151 e. The van der Waals surface area contributed by atoms with Crippen molar-refractivity contribution < 1.29 is 4.39 Å². The highest BCUT2D eigenvalue weighted by Crippen LogP contribution is 2.24. The minimum atomic E-state index is -0.285. The van der Waals surface area contributed by atoms with E-state index >= 15 is 0 Å². The Morgan fingerprint density at radius 1 is 1.32 bits per heavy atom. The molecule has 2 aromatic heterocycles. The van der Waals surface area contributed by atoms with Crippen LogP contribution in [0.15, 0.2) is 36.5 Å². The molecule has 4 rings (SSSR count). The van der Waals surface area contributed by atoms with Gasteiger partial charge >= 0.3 is 0 Å². The van der Waals surface area contributed by atoms with Crippen LogP contribution in [0.3, 0.4) is 0 Å². The Bertz CT molecular complexity index is 849. The molecule has 0 radical (unpaired) electrons. The standard InChI is InChI=1S/C18H21FN6/c1-24(12-16-21-15-7-2-6-14(19)18(15)22-16)11-13-5-4-10-25(13)17-8-3-9-20-23-17/h2-3,6-9,13H,4-5,10-12H2,1H3,(H,21,22). The zero-order valence-corrected chi connectivity index (χ0v) is 14.2. The Balaban J connectivity index is 1.44. The van der Waals surface area contributed by atoms with Gasteiger partial charge in [0.2, 0.25) is 0 Å². The number of aromatic nitrogens is 4. The van der Waals surface area contributed by atoms with Gasteiger partial charge in [0.15, 0.2) is 11.6 Å². The van der Waals surface area contributed by atoms with E-state index < -0.39 is 0 Å². The number of anilines is 1. The molecule has 1 fully saturated rings. The van der Waals surface area contributed by atoms with Crippen LogP contribution in [0.5, 0.6) is 0 Å². The SMILES string of the molecule is CN(Cc1nc2c(F)cccc2[nH]1)CC1CCCN1c1cccnn1. The Morgan fingerprint density at radius 3 is 3.04 bits per heavy atom. The van der Waals surface area contributed by atoms with Crippen molar-refractivity contribution >= 4 is 16.9 Å². The van der Waals surface area contributed by atoms with Crippen LogP contribution < -0.4 is 4.90 Å². The van der Waals surface area contributed by atoms with Crippen molar-refractivity contribution in [2.45, 2.75) is 25.4 Å². The number of hydrogen-bond donors (Lipinski definition) is 1. The van der Waals surface area contributed by atoms with Crippen molar-refractivity contribution in [3.8, 4) is 0 Å². The van der Waals surface area contributed by atoms with Gasteiger partial charge in [0.1, 0.15) is 11.3 Å². The summed E-state index contributed by atoms with van der Waals surface area (Å²) >= 11 is 0. The fourth-order valence-electron chi connectivity index (χ4n) is 3.58. The summed E-state index contributed by atoms with van der Waals surface area (Å²) in [6.07, 6.45) is 3.99. The molecule has 1 saturated heterocycles. The molecule has 1 aliphatic rings. The lowest BCUT2D eigenvalue weighted by Gasteiger charge is -2.28. The van der Waals surface area contributed by atoms with Gasteiger partial charge < -0.3 is 9.88 Å². The van der Waals surface area contributed by atoms with Gasteiger partial charge in [0.05, 0.1) is 12.1 Å². The minimum absolute atomic E-state index is 0.285. The molecular weight excluding hydrogens is 319 g/mol. The number of imidazole rings is 1. The van der Waals surface area contributed by atoms with Gasteiger partial charge in [0, 0.05) is 25.3 Å². The third kappa shape index (κ3) is 3.32. The van der Waals surface area contributed by atoms with E-state index in [9.17, 15) is 4.39 Å². The van der Waals surface area contributed by atoms with Crippen molar-refractivity contribution in [2.75, 3.05) is 25.0 Å². The molecule has 1 aromatic carbocycles. The summed E-state index contributed by atoms with van der Waals surface area (Å²) < 4.78 is 13.8. The van der Waals surface area contributed by atoms with Crippen LogP contribution in [0, 0.1) is 5.82 Å². The van der Waals surface area contributed by atoms with Crippen LogP contribution in [0.1, 0.15) is 18.7 Å². The van der Waals surface area contributed by atoms with E-state index in [-0.39, 0.29) is 5.82 Å². The number of halogens is 1. The van der Waals surface area contributed by atoms with Crippen LogP contribution in [0.25, 0.3) is 11.0 Å². The van der Waals surface area contributed by atoms with E-state index in [1.165, 1.54) is 6.07 Å². The van der Waals surface area contributed by atoms with Crippen molar-refractivity contribution in [3.63, 3.8) is 0 Å². The van der Waals surface area contributed by atoms with Gasteiger partial charge in [-0.3, -0.25) is 4.90 Å². The second kappa shape index (κ2) is 6.76. The van der Waals surface area contributed by atoms with Gasteiger partial charge in [-0.1, -0.05) is 6.07 Å². The summed E-state index contributed by atoms with van der Waals surface area (Å²) in [5.41, 5.74) is 1.15. The van der Waals surface area contributed by atoms with Gasteiger partial charge in [0.25, 0.3) is 0 Å². The lowest BCUT2D eigenvalue weighted by atomic mass is 10.2. The first-order valence-electron chi connectivity index (χ1n) is 8.57. The number of nitrogens with zero attached hydrogens (tertiary/aromatic N) is 5. The first kappa shape index (κ1) is 16.0. The molecule has 7 heteroatoms. The average molecular weight is 340 g/mol. The lowest BCUT2D eigenvalue weighted by molar-refractivity contribution is 0.297. The van der Waals surface area contributed by atoms with E-state index in [1.807, 2.05) is 18.2 Å². The summed E-state index contributed by atoms with van der Waals surface area (Å²) in [6, 6.07) is 9.32. The Kier molecular flexibility index (Phi) is 4.31. The predicted molar refractivity (Wildman–Crippen MR) is 94.8 cm³/mol. The number of H-pyrrole nitrogens is 1. The average Bonchev–Trinajstić information content (AvgIpc) is 3.23. The molecule has 0 saturated carbocycles. The van der Waals surface area contributed by atoms with Crippen LogP contribution in [-0.2, 0) is 6.54 Å². The second-order valence-corrected chi connectivity index (χ2v) is 6.59. The number of fused-ring (bicyclic) bond motifs is 1. The van der Waals surface area contributed by atoms with Crippen LogP contribution in [0.4, 0.5) is 10.2 Å². The van der Waals surface area contributed by atoms with Crippen LogP contribution in [-0.4, -0.2) is 51.2 Å². The summed E-state index contributed by atoms with van der Waals surface area (Å²) in [6.45, 7) is 2.56. The number of rotatable bonds is 5. The van der Waals surface area contributed by atoms with E-state index in [1.54, 1.807) is 12.3 Å². The maximum absolute atomic E-state index is 13.8. The highest BCUT2D eigenvalue weighted by atomic mass is 19.1. The van der Waals surface area contributed by atoms with E-state index in [2.05, 4.69) is 37.0 Å². The first-order chi connectivity index (χ1) is 12.2. The molecule has 0 amide bonds. The normalized spacial score (nSPS) is 17.7. The Labute approximate surface area is 145 Å². The monoisotopic (exact) mass is 340 g/mol. The molecule has 130 valence electrons. The molecule has 1 N–H and O–H groups in total. The molecule has 1 unspecified atom stereocenters. The molecule has 25 heavy (non-hydrogen) atoms. The Hall–Kier alpha value is -2.54. The summed E-state index contributed by atoms with van der Waals surface area (Å²) in [4.78, 5) is 12.1. The highest BCUT2D eigenvalue weighted by molar-refractivity contribution is 5.75. The predicted octanol–water partition coefficient (Wildman–Crippen LogP) is 2.59. The number of benzene rings is 1. The minimum Gasteiger partial charge on any atom is -0.351 e. The summed E-state index contributed by atoms with van der Waals surface area (Å²) in [7, 11) is 2.07. The number of nitrogens with one attached hydrogen (secondary N) is 1. The molecule has 0 bridgehead atoms. The van der Waals surface area contributed by atoms with Crippen LogP contribution in [0.2, 0.25) is 0 Å². The van der Waals surface area contributed by atoms with Gasteiger partial charge in [-0.05, 0) is 44.2 Å². The summed E-state index contributed by atoms with van der Waals surface area (Å²) in [5.74, 6) is 1.43. The third-order valence-electron chi connectivity index (χ3n) is 4.68. The topological polar surface area (TPSA) is 60.9 Å². The number of aromatic amines is 1. The molecule has 0 aliphatic carbocycles. The van der Waals surface area contributed by atoms with E-state index in [0.717, 1.165) is 43.1 Å². The van der Waals surface area contributed by atoms with Crippen molar-refractivity contribution in [1.82, 2.24) is 25.1 Å². The molecule has 1 atom stereocenters. The smallest absolute Gasteiger partial charge is 0.151 e. The van der Waals surface area contributed by atoms with Crippen molar-refractivity contribution in [2.24, 2.45) is 0 Å². The molecule has 3 aromatic rings. The fourth-order valence-corrected chi connectivity index (χ4v) is 3.58. The molecule has 6 nitrogen and oxygen atoms in total. The molecule has 0 spiro atoms. The van der Waals surface area contributed by atoms with Gasteiger partial charge in [-0.15, -0.1) is 5.10 Å². The number of hydrogen-bond acceptors (Lipinski definition) is 5. The van der Waals surface area contributed by atoms with Crippen molar-refractivity contribution in [1.29, 1.82) is 0 Å². The second-order valence-electron chi connectivity index (χ2n) is 6.59. The Morgan fingerprint density at radius 2 is 2.24 bits per heavy atom. The van der Waals surface area contributed by atoms with Gasteiger partial charge in [-0.25, -0.2) is 9.37 Å². The zero-order chi connectivity index (χ0) is 17.2. The largest absolute Gasteiger partial charge is 0.351 e. The lowest BCUT2D eigenvalue weighted by Crippen LogP contribution is -2.39. The number of likely N-dealkylation sites (N-methyl/N-ethyl adjacent to an activating group) is 1. The third-order valence-corrected chi connectivity index (χ3v) is 4.68. The van der Waals surface area contributed by atoms with Gasteiger partial charge in [-0.2, -0.15) is 5.10 Å². The van der Waals surface area contributed by atoms with E-state index in [4.69, 9.17) is 0 Å². The highest BCUT2D eigenvalue weighted by Gasteiger charge is 2.27. The maximum atomic E-state index is 13.8. The molecule has 3 heterocycles. The number of para-hydroxylation sites is 1.